The van der Waals surface area contributed by atoms with Gasteiger partial charge in [0.1, 0.15) is 4.47 Å². The summed E-state index contributed by atoms with van der Waals surface area (Å²) in [6.45, 7) is 0. The molecule has 0 aromatic carbocycles. The molecule has 1 heterocycles. The molecule has 0 aliphatic rings. The number of aromatic amines is 1. The number of rotatable bonds is 0. The van der Waals surface area contributed by atoms with Crippen molar-refractivity contribution in [2.24, 2.45) is 0 Å². The number of nitrogens with zero attached hydrogens (tertiary/aromatic N) is 1. The van der Waals surface area contributed by atoms with Crippen molar-refractivity contribution in [3.63, 3.8) is 0 Å². The summed E-state index contributed by atoms with van der Waals surface area (Å²) in [6, 6.07) is 0. The van der Waals surface area contributed by atoms with Crippen molar-refractivity contribution in [3.8, 4) is 0 Å². The maximum Gasteiger partial charge on any atom is 0.268 e. The van der Waals surface area contributed by atoms with Gasteiger partial charge in [-0.1, -0.05) is 11.6 Å². The molecule has 1 aromatic rings. The monoisotopic (exact) mass is 223 g/mol. The van der Waals surface area contributed by atoms with E-state index in [9.17, 15) is 4.79 Å². The van der Waals surface area contributed by atoms with Crippen LogP contribution in [0.2, 0.25) is 5.15 Å². The van der Waals surface area contributed by atoms with Crippen LogP contribution in [0, 0.1) is 0 Å². The van der Waals surface area contributed by atoms with Crippen LogP contribution in [0.1, 0.15) is 0 Å². The third-order valence-electron chi connectivity index (χ3n) is 0.841. The van der Waals surface area contributed by atoms with Gasteiger partial charge in [0.2, 0.25) is 5.95 Å². The van der Waals surface area contributed by atoms with Crippen molar-refractivity contribution in [2.45, 2.75) is 0 Å². The highest BCUT2D eigenvalue weighted by Gasteiger charge is 2.02. The molecule has 0 fully saturated rings. The van der Waals surface area contributed by atoms with Gasteiger partial charge in [-0.15, -0.1) is 0 Å². The van der Waals surface area contributed by atoms with Gasteiger partial charge in [-0.2, -0.15) is 0 Å². The Bertz CT molecular complexity index is 310. The van der Waals surface area contributed by atoms with E-state index in [1.165, 1.54) is 0 Å². The highest BCUT2D eigenvalue weighted by atomic mass is 79.9. The average molecular weight is 224 g/mol. The van der Waals surface area contributed by atoms with Gasteiger partial charge < -0.3 is 5.73 Å². The zero-order chi connectivity index (χ0) is 7.72. The number of nitrogen functional groups attached to an aromatic ring is 1. The fraction of sp³-hybridized carbons (Fsp3) is 0. The fourth-order valence-corrected chi connectivity index (χ4v) is 0.812. The first kappa shape index (κ1) is 7.56. The van der Waals surface area contributed by atoms with Crippen LogP contribution >= 0.6 is 27.5 Å². The van der Waals surface area contributed by atoms with Crippen LogP contribution in [-0.2, 0) is 0 Å². The minimum atomic E-state index is -0.377. The van der Waals surface area contributed by atoms with Crippen LogP contribution in [0.5, 0.6) is 0 Å². The van der Waals surface area contributed by atoms with Crippen molar-refractivity contribution >= 4 is 33.5 Å². The quantitative estimate of drug-likeness (QED) is 0.639. The van der Waals surface area contributed by atoms with E-state index in [2.05, 4.69) is 25.9 Å². The van der Waals surface area contributed by atoms with Crippen LogP contribution < -0.4 is 11.3 Å². The van der Waals surface area contributed by atoms with E-state index in [1.54, 1.807) is 0 Å². The molecule has 3 N–H and O–H groups in total. The highest BCUT2D eigenvalue weighted by Crippen LogP contribution is 2.14. The molecule has 0 bridgehead atoms. The number of anilines is 1. The summed E-state index contributed by atoms with van der Waals surface area (Å²) < 4.78 is 0.198. The van der Waals surface area contributed by atoms with Crippen molar-refractivity contribution in [2.75, 3.05) is 5.73 Å². The Morgan fingerprint density at radius 3 is 2.80 bits per heavy atom. The molecule has 4 nitrogen and oxygen atoms in total. The minimum absolute atomic E-state index is 0.0122. The number of aromatic nitrogens is 2. The zero-order valence-electron chi connectivity index (χ0n) is 4.69. The lowest BCUT2D eigenvalue weighted by molar-refractivity contribution is 1.12. The first-order valence-electron chi connectivity index (χ1n) is 2.32. The van der Waals surface area contributed by atoms with E-state index >= 15 is 0 Å². The SMILES string of the molecule is Nc1nc(Cl)c(Br)c(=O)[nH]1. The van der Waals surface area contributed by atoms with Crippen molar-refractivity contribution < 1.29 is 0 Å². The number of hydrogen-bond donors (Lipinski definition) is 2. The summed E-state index contributed by atoms with van der Waals surface area (Å²) in [4.78, 5) is 16.6. The fourth-order valence-electron chi connectivity index (χ4n) is 0.448. The molecule has 0 radical (unpaired) electrons. The molecule has 54 valence electrons. The largest absolute Gasteiger partial charge is 0.369 e. The van der Waals surface area contributed by atoms with Gasteiger partial charge in [-0.05, 0) is 15.9 Å². The Morgan fingerprint density at radius 2 is 2.30 bits per heavy atom. The Hall–Kier alpha value is -0.550. The van der Waals surface area contributed by atoms with Gasteiger partial charge in [0.15, 0.2) is 5.15 Å². The van der Waals surface area contributed by atoms with Gasteiger partial charge >= 0.3 is 0 Å². The maximum absolute atomic E-state index is 10.8. The normalized spacial score (nSPS) is 9.80. The van der Waals surface area contributed by atoms with E-state index in [4.69, 9.17) is 17.3 Å². The third kappa shape index (κ3) is 1.30. The molecular formula is C4H3BrClN3O. The van der Waals surface area contributed by atoms with Gasteiger partial charge in [-0.3, -0.25) is 9.78 Å². The molecule has 0 saturated carbocycles. The van der Waals surface area contributed by atoms with Gasteiger partial charge in [0.25, 0.3) is 5.56 Å². The molecule has 6 heteroatoms. The molecule has 1 rings (SSSR count). The van der Waals surface area contributed by atoms with Gasteiger partial charge in [0, 0.05) is 0 Å². The number of H-pyrrole nitrogens is 1. The van der Waals surface area contributed by atoms with Crippen molar-refractivity contribution in [1.29, 1.82) is 0 Å². The summed E-state index contributed by atoms with van der Waals surface area (Å²) in [6.07, 6.45) is 0. The molecule has 1 aromatic heterocycles. The summed E-state index contributed by atoms with van der Waals surface area (Å²) in [7, 11) is 0. The topological polar surface area (TPSA) is 71.8 Å². The molecule has 0 saturated heterocycles. The van der Waals surface area contributed by atoms with Crippen LogP contribution in [0.15, 0.2) is 9.27 Å². The first-order valence-corrected chi connectivity index (χ1v) is 3.49. The predicted octanol–water partition coefficient (Wildman–Crippen LogP) is 0.768. The van der Waals surface area contributed by atoms with E-state index in [-0.39, 0.29) is 21.1 Å². The molecule has 10 heavy (non-hydrogen) atoms. The minimum Gasteiger partial charge on any atom is -0.369 e. The molecule has 0 spiro atoms. The Balaban J connectivity index is 3.46. The molecule has 0 unspecified atom stereocenters. The standard InChI is InChI=1S/C4H3BrClN3O/c5-1-2(6)8-4(7)9-3(1)10/h(H3,7,8,9,10). The molecular weight excluding hydrogens is 221 g/mol. The Morgan fingerprint density at radius 1 is 1.70 bits per heavy atom. The molecule has 0 amide bonds. The second kappa shape index (κ2) is 2.59. The lowest BCUT2D eigenvalue weighted by Gasteiger charge is -1.93. The smallest absolute Gasteiger partial charge is 0.268 e. The summed E-state index contributed by atoms with van der Waals surface area (Å²) in [5.74, 6) is 0.0122. The second-order valence-electron chi connectivity index (χ2n) is 1.56. The summed E-state index contributed by atoms with van der Waals surface area (Å²) in [5.41, 5.74) is 4.78. The summed E-state index contributed by atoms with van der Waals surface area (Å²) in [5, 5.41) is 0.0706. The Kier molecular flexibility index (Phi) is 1.96. The number of halogens is 2. The van der Waals surface area contributed by atoms with Crippen molar-refractivity contribution in [3.05, 3.63) is 20.0 Å². The highest BCUT2D eigenvalue weighted by molar-refractivity contribution is 9.10. The maximum atomic E-state index is 10.8. The number of nitrogens with one attached hydrogen (secondary N) is 1. The van der Waals surface area contributed by atoms with Crippen LogP contribution in [0.4, 0.5) is 5.95 Å². The van der Waals surface area contributed by atoms with Crippen LogP contribution in [-0.4, -0.2) is 9.97 Å². The lowest BCUT2D eigenvalue weighted by atomic mass is 10.6. The van der Waals surface area contributed by atoms with E-state index < -0.39 is 0 Å². The Labute approximate surface area is 69.5 Å². The molecule has 0 aliphatic carbocycles. The van der Waals surface area contributed by atoms with Crippen LogP contribution in [0.25, 0.3) is 0 Å². The van der Waals surface area contributed by atoms with Crippen molar-refractivity contribution in [1.82, 2.24) is 9.97 Å². The number of hydrogen-bond acceptors (Lipinski definition) is 3. The van der Waals surface area contributed by atoms with E-state index in [0.717, 1.165) is 0 Å². The zero-order valence-corrected chi connectivity index (χ0v) is 7.03. The predicted molar refractivity (Wildman–Crippen MR) is 42.0 cm³/mol. The van der Waals surface area contributed by atoms with Gasteiger partial charge in [-0.25, -0.2) is 4.98 Å². The van der Waals surface area contributed by atoms with E-state index in [1.807, 2.05) is 0 Å². The second-order valence-corrected chi connectivity index (χ2v) is 2.71. The number of nitrogens with two attached hydrogens (primary N) is 1. The van der Waals surface area contributed by atoms with Crippen LogP contribution in [0.3, 0.4) is 0 Å². The first-order chi connectivity index (χ1) is 4.61. The van der Waals surface area contributed by atoms with Gasteiger partial charge in [0.05, 0.1) is 0 Å². The third-order valence-corrected chi connectivity index (χ3v) is 2.08. The summed E-state index contributed by atoms with van der Waals surface area (Å²) >= 11 is 8.38. The molecule has 0 aliphatic heterocycles. The average Bonchev–Trinajstić information content (AvgIpc) is 1.82. The molecule has 0 atom stereocenters. The van der Waals surface area contributed by atoms with E-state index in [0.29, 0.717) is 0 Å². The lowest BCUT2D eigenvalue weighted by Crippen LogP contribution is -2.11.